The highest BCUT2D eigenvalue weighted by molar-refractivity contribution is 7.65. The summed E-state index contributed by atoms with van der Waals surface area (Å²) in [6.07, 6.45) is 54.1. The highest BCUT2D eigenvalue weighted by atomic mass is 31.2. The summed E-state index contributed by atoms with van der Waals surface area (Å²) in [7, 11) is -14.2. The van der Waals surface area contributed by atoms with E-state index in [1.807, 2.05) is 105 Å². The van der Waals surface area contributed by atoms with Crippen LogP contribution in [0.15, 0.2) is 122 Å². The van der Waals surface area contributed by atoms with Crippen LogP contribution < -0.4 is 38.1 Å². The van der Waals surface area contributed by atoms with Gasteiger partial charge in [-0.25, -0.2) is 19.9 Å². The molecule has 8 saturated heterocycles. The number of nitrogens with zero attached hydrogens (tertiary/aromatic N) is 12. The number of para-hydroxylation sites is 8. The van der Waals surface area contributed by atoms with Gasteiger partial charge >= 0.3 is 0 Å². The third kappa shape index (κ3) is 22.8. The SMILES string of the molecule is CC1C[C@@H]2CC(N3[C@@H]4CCC[C@H]3CC(n3c(=O)c(/C=C/P(C)(=O)O)nc5ccccc53)C4)C[C@H](C1)C2.CC1C[C@@H]2CC(N3[C@@H]4CCC[C@H]3CC(n3c(=O)c(NCCP(C)(=O)O)nc5ccccc53)C4)C[C@H](C1)C2.CC1C[C@@H]2CC(N3[C@@H]4CCC[C@H]3CC(n3c(=O)c(P(C)(=O)O)nc5ccccc53)C4)C[C@H](C1)C2.CP(=O)(O)NC(=O)c1nc2ccccc2n(C2C[C@H]3CCC[C@@H](C2)N3C2CCCCCCC2)c1=O. The van der Waals surface area contributed by atoms with E-state index in [1.54, 1.807) is 10.6 Å². The molecule has 27 nitrogen and oxygen atoms in total. The largest absolute Gasteiger partial charge is 0.365 e. The molecule has 8 aliphatic heterocycles. The van der Waals surface area contributed by atoms with E-state index in [9.17, 15) is 61.8 Å². The Labute approximate surface area is 838 Å². The van der Waals surface area contributed by atoms with Crippen LogP contribution in [0.25, 0.3) is 50.2 Å². The fourth-order valence-corrected chi connectivity index (χ4v) is 34.4. The third-order valence-corrected chi connectivity index (χ3v) is 40.2. The van der Waals surface area contributed by atoms with Crippen LogP contribution in [0.4, 0.5) is 5.82 Å². The summed E-state index contributed by atoms with van der Waals surface area (Å²) in [6, 6.07) is 37.9. The first kappa shape index (κ1) is 102. The number of benzene rings is 4. The molecule has 4 aromatic heterocycles. The van der Waals surface area contributed by atoms with Crippen molar-refractivity contribution in [3.05, 3.63) is 156 Å². The molecule has 0 radical (unpaired) electrons. The van der Waals surface area contributed by atoms with Crippen LogP contribution in [0.2, 0.25) is 0 Å². The third-order valence-electron chi connectivity index (χ3n) is 36.7. The first-order valence-corrected chi connectivity index (χ1v) is 63.9. The van der Waals surface area contributed by atoms with Crippen LogP contribution in [0.5, 0.6) is 0 Å². The fourth-order valence-electron chi connectivity index (χ4n) is 32.2. The van der Waals surface area contributed by atoms with Crippen molar-refractivity contribution in [2.24, 2.45) is 53.3 Å². The van der Waals surface area contributed by atoms with Gasteiger partial charge in [0.05, 0.1) is 44.1 Å². The maximum atomic E-state index is 13.8. The summed E-state index contributed by atoms with van der Waals surface area (Å²) in [5, 5.41) is 5.15. The van der Waals surface area contributed by atoms with Gasteiger partial charge < -0.3 is 43.2 Å². The molecule has 770 valence electrons. The lowest BCUT2D eigenvalue weighted by molar-refractivity contribution is -0.0526. The van der Waals surface area contributed by atoms with Crippen molar-refractivity contribution < 1.29 is 42.6 Å². The summed E-state index contributed by atoms with van der Waals surface area (Å²) in [4.78, 5) is 136. The lowest BCUT2D eigenvalue weighted by atomic mass is 9.65. The van der Waals surface area contributed by atoms with Crippen molar-refractivity contribution in [1.29, 1.82) is 0 Å². The standard InChI is InChI=1S/C29H43N4O3P.C29H40N3O3P.C27H38N3O3P.C26H37N4O4P/c1-19-12-20-14-21(13-19)16-24(15-20)32-22-6-5-7-23(32)18-25(17-22)33-27-9-4-3-8-26(27)31-28(29(33)34)30-10-11-37(2,35)36;1-19-12-20-14-21(13-19)16-24(15-20)31-22-6-5-7-23(31)18-25(17-22)32-28-9-4-3-8-26(28)30-27(29(32)33)10-11-36(2,34)35;1-17-10-18-12-19(11-17)14-22(13-18)29-20-6-5-7-21(29)16-23(15-20)30-25-9-4-3-8-24(25)28-26(27(30)31)34(2,32)33;1-35(33,34)28-25(31)24-26(32)30(23-15-8-7-14-22(23)27-24)21-16-19-12-9-13-20(17-21)29(19)18-10-5-3-2-4-6-11-18/h3-4,8-9,19-25H,5-7,10-18H2,1-2H3,(H,30,31)(H,35,36);3-4,8-11,19-25H,5-7,12-18H2,1-2H3,(H,34,35);3-4,8-9,17-23H,5-7,10-16H2,1-2H3,(H,32,33);7-8,14-15,18-21H,2-6,9-13,16-17H2,1H3,(H2,28,31,33,34)/b;11-10+;;/t2*19?,20-,21+,22-,23+,24?,25?;17?,18-,19+,20-,21+,22?,23?;19-,20+,21?. The maximum Gasteiger partial charge on any atom is 0.294 e. The quantitative estimate of drug-likeness (QED) is 0.0461. The zero-order valence-corrected chi connectivity index (χ0v) is 88.6. The Morgan fingerprint density at radius 3 is 1.01 bits per heavy atom. The lowest BCUT2D eigenvalue weighted by Crippen LogP contribution is -2.59. The predicted octanol–water partition coefficient (Wildman–Crippen LogP) is 20.8. The molecule has 7 aliphatic carbocycles. The highest BCUT2D eigenvalue weighted by Gasteiger charge is 2.52. The molecule has 14 bridgehead atoms. The van der Waals surface area contributed by atoms with Crippen LogP contribution in [0, 0.1) is 53.3 Å². The van der Waals surface area contributed by atoms with Gasteiger partial charge in [0.1, 0.15) is 5.69 Å². The van der Waals surface area contributed by atoms with E-state index in [0.717, 1.165) is 163 Å². The normalized spacial score (nSPS) is 34.6. The van der Waals surface area contributed by atoms with Crippen molar-refractivity contribution in [3.63, 3.8) is 0 Å². The first-order chi connectivity index (χ1) is 68.1. The summed E-state index contributed by atoms with van der Waals surface area (Å²) >= 11 is 0. The molecular weight excluding hydrogens is 1860 g/mol. The Bertz CT molecular complexity index is 6280. The van der Waals surface area contributed by atoms with Crippen molar-refractivity contribution >= 4 is 97.0 Å². The molecule has 23 rings (SSSR count). The van der Waals surface area contributed by atoms with Gasteiger partial charge in [-0.3, -0.25) is 66.9 Å². The second-order valence-electron chi connectivity index (χ2n) is 47.9. The molecule has 7 saturated carbocycles. The molecule has 14 unspecified atom stereocenters. The molecule has 0 spiro atoms. The Hall–Kier alpha value is -6.95. The molecule has 31 heteroatoms. The first-order valence-electron chi connectivity index (χ1n) is 55.2. The minimum absolute atomic E-state index is 0.0235. The Morgan fingerprint density at radius 1 is 0.345 bits per heavy atom. The van der Waals surface area contributed by atoms with Crippen LogP contribution in [0.1, 0.15) is 331 Å². The van der Waals surface area contributed by atoms with Crippen molar-refractivity contribution in [1.82, 2.24) is 62.9 Å². The van der Waals surface area contributed by atoms with E-state index in [1.165, 1.54) is 237 Å². The number of hydrogen-bond donors (Lipinski definition) is 6. The van der Waals surface area contributed by atoms with E-state index in [-0.39, 0.29) is 70.4 Å². The Balaban J connectivity index is 0.000000116. The van der Waals surface area contributed by atoms with Gasteiger partial charge in [0.15, 0.2) is 24.3 Å². The smallest absolute Gasteiger partial charge is 0.294 e. The summed E-state index contributed by atoms with van der Waals surface area (Å²) < 4.78 is 55.6. The number of carbonyl (C=O) groups is 1. The molecular formula is C111H158N14O13P4. The number of piperidine rings is 8. The number of anilines is 1. The fraction of sp³-hybridized carbons (Fsp3) is 0.685. The molecule has 15 fully saturated rings. The number of nitrogens with one attached hydrogen (secondary N) is 2. The summed E-state index contributed by atoms with van der Waals surface area (Å²) in [6.45, 7) is 12.5. The molecule has 4 aromatic carbocycles. The minimum atomic E-state index is -3.86. The van der Waals surface area contributed by atoms with E-state index in [4.69, 9.17) is 0 Å². The predicted molar refractivity (Wildman–Crippen MR) is 568 cm³/mol. The van der Waals surface area contributed by atoms with Gasteiger partial charge in [-0.05, 0) is 320 Å². The molecule has 28 atom stereocenters. The Kier molecular flexibility index (Phi) is 30.9. The topological polar surface area (TPSA) is 343 Å². The van der Waals surface area contributed by atoms with Gasteiger partial charge in [0.25, 0.3) is 35.7 Å². The average molecular weight is 2020 g/mol. The molecule has 8 aromatic rings. The average Bonchev–Trinajstić information content (AvgIpc) is 0.753. The van der Waals surface area contributed by atoms with E-state index < -0.39 is 41.1 Å². The number of aromatic nitrogens is 8. The van der Waals surface area contributed by atoms with Crippen molar-refractivity contribution in [2.45, 2.75) is 387 Å². The van der Waals surface area contributed by atoms with E-state index >= 15 is 0 Å². The summed E-state index contributed by atoms with van der Waals surface area (Å²) in [5.41, 5.74) is 4.73. The second-order valence-corrected chi connectivity index (χ2v) is 56.8. The molecule has 15 aliphatic rings. The maximum absolute atomic E-state index is 13.8. The van der Waals surface area contributed by atoms with Gasteiger partial charge in [-0.1, -0.05) is 127 Å². The summed E-state index contributed by atoms with van der Waals surface area (Å²) in [5.74, 6) is 8.71. The lowest BCUT2D eigenvalue weighted by Gasteiger charge is -2.55. The Morgan fingerprint density at radius 2 is 0.655 bits per heavy atom. The van der Waals surface area contributed by atoms with Gasteiger partial charge in [0, 0.05) is 142 Å². The number of hydrogen-bond acceptors (Lipinski definition) is 18. The van der Waals surface area contributed by atoms with E-state index in [2.05, 4.69) is 70.7 Å². The van der Waals surface area contributed by atoms with Gasteiger partial charge in [-0.2, -0.15) is 0 Å². The van der Waals surface area contributed by atoms with E-state index in [0.29, 0.717) is 83.3 Å². The van der Waals surface area contributed by atoms with Crippen LogP contribution in [-0.2, 0) is 18.3 Å². The molecule has 6 N–H and O–H groups in total. The molecule has 12 heterocycles. The van der Waals surface area contributed by atoms with Crippen molar-refractivity contribution in [3.8, 4) is 0 Å². The van der Waals surface area contributed by atoms with Crippen molar-refractivity contribution in [2.75, 3.05) is 44.7 Å². The van der Waals surface area contributed by atoms with Gasteiger partial charge in [-0.15, -0.1) is 0 Å². The van der Waals surface area contributed by atoms with Crippen LogP contribution in [-0.4, -0.2) is 195 Å². The molecule has 1 amide bonds. The highest BCUT2D eigenvalue weighted by Crippen LogP contribution is 2.55. The van der Waals surface area contributed by atoms with Crippen LogP contribution in [0.3, 0.4) is 0 Å². The minimum Gasteiger partial charge on any atom is -0.365 e. The zero-order valence-electron chi connectivity index (χ0n) is 85.1. The zero-order chi connectivity index (χ0) is 99.0. The number of amides is 1. The number of fused-ring (bicyclic) bond motifs is 18. The van der Waals surface area contributed by atoms with Gasteiger partial charge in [0.2, 0.25) is 14.7 Å². The molecule has 142 heavy (non-hydrogen) atoms. The second kappa shape index (κ2) is 43.0. The monoisotopic (exact) mass is 2020 g/mol. The van der Waals surface area contributed by atoms with Crippen LogP contribution >= 0.6 is 29.6 Å². The number of carbonyl (C=O) groups excluding carboxylic acids is 1. The number of rotatable bonds is 17.